The van der Waals surface area contributed by atoms with E-state index < -0.39 is 15.5 Å². The van der Waals surface area contributed by atoms with Crippen molar-refractivity contribution in [1.82, 2.24) is 0 Å². The SMILES string of the molecule is CC1(C)C2CC[C@]3(C)[C@H](CC[C@H](C(=O)Sc4c(Cl)cccc4Cl)[C@]34COC(=O)C4)[C@@]2(C)CC[C@@H]1OS(C)(=O)=O. The van der Waals surface area contributed by atoms with Crippen LogP contribution in [-0.2, 0) is 28.6 Å². The molecule has 3 saturated carbocycles. The molecule has 6 nitrogen and oxygen atoms in total. The lowest BCUT2D eigenvalue weighted by Crippen LogP contribution is -2.66. The molecule has 10 heteroatoms. The summed E-state index contributed by atoms with van der Waals surface area (Å²) in [5.41, 5.74) is -1.33. The molecule has 3 aliphatic carbocycles. The molecule has 7 atom stereocenters. The van der Waals surface area contributed by atoms with E-state index in [1.54, 1.807) is 18.2 Å². The van der Waals surface area contributed by atoms with Gasteiger partial charge in [-0.1, -0.05) is 57.0 Å². The van der Waals surface area contributed by atoms with Crippen LogP contribution in [0.2, 0.25) is 10.0 Å². The molecule has 216 valence electrons. The van der Waals surface area contributed by atoms with E-state index in [9.17, 15) is 18.0 Å². The minimum absolute atomic E-state index is 0.0131. The van der Waals surface area contributed by atoms with Crippen molar-refractivity contribution in [2.75, 3.05) is 12.9 Å². The number of esters is 1. The van der Waals surface area contributed by atoms with Crippen LogP contribution in [-0.4, -0.2) is 38.5 Å². The number of fused-ring (bicyclic) bond motifs is 4. The first-order valence-electron chi connectivity index (χ1n) is 13.7. The first-order chi connectivity index (χ1) is 18.0. The normalized spacial score (nSPS) is 39.6. The minimum atomic E-state index is -3.57. The zero-order valence-electron chi connectivity index (χ0n) is 23.2. The quantitative estimate of drug-likeness (QED) is 0.201. The van der Waals surface area contributed by atoms with Crippen molar-refractivity contribution in [2.45, 2.75) is 83.6 Å². The van der Waals surface area contributed by atoms with Crippen molar-refractivity contribution in [3.05, 3.63) is 28.2 Å². The highest BCUT2D eigenvalue weighted by molar-refractivity contribution is 8.13. The maximum absolute atomic E-state index is 14.0. The number of hydrogen-bond donors (Lipinski definition) is 0. The van der Waals surface area contributed by atoms with Crippen LogP contribution >= 0.6 is 35.0 Å². The van der Waals surface area contributed by atoms with Crippen LogP contribution in [0, 0.1) is 39.4 Å². The topological polar surface area (TPSA) is 86.7 Å². The minimum Gasteiger partial charge on any atom is -0.465 e. The predicted octanol–water partition coefficient (Wildman–Crippen LogP) is 7.16. The molecular weight excluding hydrogens is 579 g/mol. The Morgan fingerprint density at radius 3 is 2.28 bits per heavy atom. The molecule has 1 saturated heterocycles. The van der Waals surface area contributed by atoms with Crippen molar-refractivity contribution in [3.63, 3.8) is 0 Å². The zero-order chi connectivity index (χ0) is 28.6. The first-order valence-corrected chi connectivity index (χ1v) is 17.1. The summed E-state index contributed by atoms with van der Waals surface area (Å²) in [6, 6.07) is 5.21. The van der Waals surface area contributed by atoms with Gasteiger partial charge in [-0.3, -0.25) is 13.8 Å². The van der Waals surface area contributed by atoms with E-state index in [0.29, 0.717) is 27.8 Å². The lowest BCUT2D eigenvalue weighted by Gasteiger charge is -2.69. The zero-order valence-corrected chi connectivity index (χ0v) is 26.4. The van der Waals surface area contributed by atoms with Crippen LogP contribution in [0.25, 0.3) is 0 Å². The Bertz CT molecular complexity index is 1280. The second-order valence-electron chi connectivity index (χ2n) is 13.3. The number of benzene rings is 1. The molecule has 1 spiro atoms. The lowest BCUT2D eigenvalue weighted by molar-refractivity contribution is -0.222. The van der Waals surface area contributed by atoms with Gasteiger partial charge in [-0.15, -0.1) is 0 Å². The molecule has 0 amide bonds. The van der Waals surface area contributed by atoms with Crippen molar-refractivity contribution in [2.24, 2.45) is 39.4 Å². The van der Waals surface area contributed by atoms with Gasteiger partial charge in [-0.05, 0) is 90.5 Å². The summed E-state index contributed by atoms with van der Waals surface area (Å²) in [6.45, 7) is 9.16. The van der Waals surface area contributed by atoms with Crippen LogP contribution in [0.15, 0.2) is 23.1 Å². The van der Waals surface area contributed by atoms with Crippen molar-refractivity contribution < 1.29 is 26.9 Å². The molecule has 4 fully saturated rings. The summed E-state index contributed by atoms with van der Waals surface area (Å²) in [7, 11) is -3.57. The number of ether oxygens (including phenoxy) is 1. The van der Waals surface area contributed by atoms with Gasteiger partial charge in [0.2, 0.25) is 0 Å². The second kappa shape index (κ2) is 9.89. The Morgan fingerprint density at radius 2 is 1.69 bits per heavy atom. The molecule has 0 radical (unpaired) electrons. The molecule has 1 aromatic rings. The molecular formula is C29H38Cl2O6S2. The van der Waals surface area contributed by atoms with Crippen LogP contribution in [0.5, 0.6) is 0 Å². The molecule has 0 N–H and O–H groups in total. The van der Waals surface area contributed by atoms with Crippen LogP contribution in [0.4, 0.5) is 0 Å². The fraction of sp³-hybridized carbons (Fsp3) is 0.724. The number of thioether (sulfide) groups is 1. The molecule has 5 rings (SSSR count). The molecule has 0 aromatic heterocycles. The van der Waals surface area contributed by atoms with E-state index in [4.69, 9.17) is 32.1 Å². The Morgan fingerprint density at radius 1 is 1.03 bits per heavy atom. The average molecular weight is 618 g/mol. The summed E-state index contributed by atoms with van der Waals surface area (Å²) in [6.07, 6.45) is 5.73. The number of rotatable bonds is 4. The van der Waals surface area contributed by atoms with E-state index in [2.05, 4.69) is 27.7 Å². The van der Waals surface area contributed by atoms with Crippen molar-refractivity contribution in [1.29, 1.82) is 0 Å². The monoisotopic (exact) mass is 616 g/mol. The van der Waals surface area contributed by atoms with Crippen LogP contribution in [0.1, 0.15) is 72.6 Å². The highest BCUT2D eigenvalue weighted by atomic mass is 35.5. The van der Waals surface area contributed by atoms with E-state index in [-0.39, 0.29) is 64.2 Å². The fourth-order valence-electron chi connectivity index (χ4n) is 9.42. The van der Waals surface area contributed by atoms with E-state index >= 15 is 0 Å². The molecule has 39 heavy (non-hydrogen) atoms. The third-order valence-corrected chi connectivity index (χ3v) is 13.7. The highest BCUT2D eigenvalue weighted by Gasteiger charge is 2.71. The molecule has 1 aliphatic heterocycles. The van der Waals surface area contributed by atoms with Gasteiger partial charge in [0.1, 0.15) is 0 Å². The molecule has 1 aromatic carbocycles. The van der Waals surface area contributed by atoms with Gasteiger partial charge in [-0.25, -0.2) is 0 Å². The van der Waals surface area contributed by atoms with Gasteiger partial charge < -0.3 is 4.74 Å². The Labute approximate surface area is 246 Å². The third kappa shape index (κ3) is 4.68. The second-order valence-corrected chi connectivity index (χ2v) is 16.7. The Balaban J connectivity index is 1.50. The van der Waals surface area contributed by atoms with E-state index in [1.807, 2.05) is 0 Å². The average Bonchev–Trinajstić information content (AvgIpc) is 3.21. The summed E-state index contributed by atoms with van der Waals surface area (Å²) in [4.78, 5) is 27.3. The molecule has 1 heterocycles. The van der Waals surface area contributed by atoms with E-state index in [0.717, 1.165) is 43.7 Å². The van der Waals surface area contributed by atoms with Gasteiger partial charge in [0.05, 0.1) is 40.3 Å². The van der Waals surface area contributed by atoms with Crippen molar-refractivity contribution >= 4 is 56.2 Å². The maximum Gasteiger partial charge on any atom is 0.306 e. The molecule has 4 aliphatic rings. The van der Waals surface area contributed by atoms with Crippen LogP contribution in [0.3, 0.4) is 0 Å². The first kappa shape index (κ1) is 29.7. The molecule has 1 unspecified atom stereocenters. The smallest absolute Gasteiger partial charge is 0.306 e. The van der Waals surface area contributed by atoms with Gasteiger partial charge in [0.25, 0.3) is 10.1 Å². The van der Waals surface area contributed by atoms with Crippen LogP contribution < -0.4 is 0 Å². The van der Waals surface area contributed by atoms with Gasteiger partial charge in [0, 0.05) is 11.3 Å². The number of carbonyl (C=O) groups excluding carboxylic acids is 2. The number of hydrogen-bond acceptors (Lipinski definition) is 7. The Hall–Kier alpha value is -0.800. The predicted molar refractivity (Wildman–Crippen MR) is 153 cm³/mol. The lowest BCUT2D eigenvalue weighted by atomic mass is 9.35. The van der Waals surface area contributed by atoms with Gasteiger partial charge in [-0.2, -0.15) is 8.42 Å². The number of halogens is 2. The number of carbonyl (C=O) groups is 2. The summed E-state index contributed by atoms with van der Waals surface area (Å²) in [5.74, 6) is -0.0919. The summed E-state index contributed by atoms with van der Waals surface area (Å²) in [5, 5.41) is 0.870. The fourth-order valence-corrected chi connectivity index (χ4v) is 11.8. The number of cyclic esters (lactones) is 1. The van der Waals surface area contributed by atoms with Gasteiger partial charge >= 0.3 is 5.97 Å². The molecule has 0 bridgehead atoms. The summed E-state index contributed by atoms with van der Waals surface area (Å²) >= 11 is 13.9. The highest BCUT2D eigenvalue weighted by Crippen LogP contribution is 2.74. The Kier molecular flexibility index (Phi) is 7.53. The van der Waals surface area contributed by atoms with E-state index in [1.165, 1.54) is 0 Å². The summed E-state index contributed by atoms with van der Waals surface area (Å²) < 4.78 is 35.4. The third-order valence-electron chi connectivity index (χ3n) is 11.2. The van der Waals surface area contributed by atoms with Crippen molar-refractivity contribution in [3.8, 4) is 0 Å². The maximum atomic E-state index is 14.0. The largest absolute Gasteiger partial charge is 0.465 e. The standard InChI is InChI=1S/C29H38Cl2O6S2/c1-26(2)20-11-14-28(4)21(27(20,3)13-12-22(26)37-39(5,34)35)10-9-17(29(28)15-23(32)36-16-29)25(33)38-24-18(30)7-6-8-19(24)31/h6-8,17,20-22H,9-16H2,1-5H3/t17-,20?,21-,22+,27+,28-,29+/m1/s1. The van der Waals surface area contributed by atoms with Gasteiger partial charge in [0.15, 0.2) is 5.12 Å².